The molecule has 3 aromatic heterocycles. The van der Waals surface area contributed by atoms with Crippen molar-refractivity contribution in [2.75, 3.05) is 11.4 Å². The summed E-state index contributed by atoms with van der Waals surface area (Å²) in [5.74, 6) is -0.178. The SMILES string of the molecule is Cc1cc(C)n(CCN(C(=O)c2cc(C)n(C)n2)c2nc3c(C)c(Cl)ccc3s2)n1. The number of thiazole rings is 1. The summed E-state index contributed by atoms with van der Waals surface area (Å²) >= 11 is 7.75. The number of aromatic nitrogens is 5. The fraction of sp³-hybridized carbons (Fsp3) is 0.333. The number of fused-ring (bicyclic) bond motifs is 1. The van der Waals surface area contributed by atoms with E-state index in [1.54, 1.807) is 15.6 Å². The number of nitrogens with zero attached hydrogens (tertiary/aromatic N) is 6. The third-order valence-electron chi connectivity index (χ3n) is 5.18. The molecule has 7 nitrogen and oxygen atoms in total. The number of halogens is 1. The van der Waals surface area contributed by atoms with Crippen LogP contribution in [0.2, 0.25) is 5.02 Å². The van der Waals surface area contributed by atoms with E-state index in [1.165, 1.54) is 11.3 Å². The molecule has 0 N–H and O–H groups in total. The zero-order chi connectivity index (χ0) is 21.6. The Balaban J connectivity index is 1.73. The smallest absolute Gasteiger partial charge is 0.280 e. The van der Waals surface area contributed by atoms with Gasteiger partial charge in [-0.05, 0) is 57.5 Å². The molecule has 0 bridgehead atoms. The van der Waals surface area contributed by atoms with Crippen LogP contribution in [-0.4, -0.2) is 37.0 Å². The predicted octanol–water partition coefficient (Wildman–Crippen LogP) is 4.46. The van der Waals surface area contributed by atoms with Crippen molar-refractivity contribution < 1.29 is 4.79 Å². The summed E-state index contributed by atoms with van der Waals surface area (Å²) in [6.07, 6.45) is 0. The molecule has 156 valence electrons. The maximum Gasteiger partial charge on any atom is 0.280 e. The Bertz CT molecular complexity index is 1230. The summed E-state index contributed by atoms with van der Waals surface area (Å²) in [6.45, 7) is 8.84. The van der Waals surface area contributed by atoms with Crippen molar-refractivity contribution in [1.82, 2.24) is 24.5 Å². The first-order valence-corrected chi connectivity index (χ1v) is 10.8. The van der Waals surface area contributed by atoms with E-state index in [0.717, 1.165) is 32.9 Å². The van der Waals surface area contributed by atoms with Crippen LogP contribution in [0.3, 0.4) is 0 Å². The first kappa shape index (κ1) is 20.6. The van der Waals surface area contributed by atoms with Crippen LogP contribution in [0.25, 0.3) is 10.2 Å². The van der Waals surface area contributed by atoms with Crippen molar-refractivity contribution in [2.24, 2.45) is 7.05 Å². The van der Waals surface area contributed by atoms with Gasteiger partial charge in [-0.1, -0.05) is 22.9 Å². The molecule has 0 aliphatic heterocycles. The third kappa shape index (κ3) is 3.73. The number of benzene rings is 1. The molecule has 1 aromatic carbocycles. The summed E-state index contributed by atoms with van der Waals surface area (Å²) in [5.41, 5.74) is 5.07. The van der Waals surface area contributed by atoms with E-state index >= 15 is 0 Å². The molecule has 0 atom stereocenters. The normalized spacial score (nSPS) is 11.4. The Kier molecular flexibility index (Phi) is 5.38. The largest absolute Gasteiger partial charge is 0.281 e. The van der Waals surface area contributed by atoms with Crippen LogP contribution in [0.15, 0.2) is 24.3 Å². The second-order valence-corrected chi connectivity index (χ2v) is 8.83. The topological polar surface area (TPSA) is 68.8 Å². The van der Waals surface area contributed by atoms with Crippen LogP contribution in [0.4, 0.5) is 5.13 Å². The molecule has 0 unspecified atom stereocenters. The van der Waals surface area contributed by atoms with Gasteiger partial charge in [0.1, 0.15) is 0 Å². The van der Waals surface area contributed by atoms with Crippen LogP contribution < -0.4 is 4.90 Å². The minimum Gasteiger partial charge on any atom is -0.281 e. The molecule has 0 saturated heterocycles. The van der Waals surface area contributed by atoms with Crippen molar-refractivity contribution in [2.45, 2.75) is 34.2 Å². The highest BCUT2D eigenvalue weighted by Gasteiger charge is 2.24. The molecule has 0 aliphatic carbocycles. The van der Waals surface area contributed by atoms with Gasteiger partial charge < -0.3 is 0 Å². The van der Waals surface area contributed by atoms with Crippen molar-refractivity contribution in [3.63, 3.8) is 0 Å². The fourth-order valence-corrected chi connectivity index (χ4v) is 4.59. The van der Waals surface area contributed by atoms with Crippen molar-refractivity contribution in [3.8, 4) is 0 Å². The summed E-state index contributed by atoms with van der Waals surface area (Å²) < 4.78 is 4.61. The standard InChI is InChI=1S/C21H23ClN6OS/c1-12-10-14(3)28(24-12)9-8-27(20(29)17-11-13(2)26(5)25-17)21-23-19-15(4)16(22)6-7-18(19)30-21/h6-7,10-11H,8-9H2,1-5H3. The van der Waals surface area contributed by atoms with Crippen LogP contribution in [0, 0.1) is 27.7 Å². The summed E-state index contributed by atoms with van der Waals surface area (Å²) in [4.78, 5) is 19.9. The molecular formula is C21H23ClN6OS. The number of rotatable bonds is 5. The molecule has 9 heteroatoms. The van der Waals surface area contributed by atoms with E-state index in [1.807, 2.05) is 57.6 Å². The highest BCUT2D eigenvalue weighted by Crippen LogP contribution is 2.34. The first-order valence-electron chi connectivity index (χ1n) is 9.64. The predicted molar refractivity (Wildman–Crippen MR) is 121 cm³/mol. The fourth-order valence-electron chi connectivity index (χ4n) is 3.39. The maximum absolute atomic E-state index is 13.4. The van der Waals surface area contributed by atoms with Gasteiger partial charge >= 0.3 is 0 Å². The summed E-state index contributed by atoms with van der Waals surface area (Å²) in [6, 6.07) is 7.64. The lowest BCUT2D eigenvalue weighted by molar-refractivity contribution is 0.0980. The van der Waals surface area contributed by atoms with E-state index < -0.39 is 0 Å². The number of amides is 1. The molecule has 4 aromatic rings. The lowest BCUT2D eigenvalue weighted by Gasteiger charge is -2.19. The molecule has 0 aliphatic rings. The Morgan fingerprint density at radius 3 is 2.53 bits per heavy atom. The van der Waals surface area contributed by atoms with Gasteiger partial charge in [0.15, 0.2) is 10.8 Å². The average molecular weight is 443 g/mol. The molecule has 3 heterocycles. The van der Waals surface area contributed by atoms with E-state index in [0.29, 0.717) is 28.9 Å². The third-order valence-corrected chi connectivity index (χ3v) is 6.64. The van der Waals surface area contributed by atoms with Gasteiger partial charge in [0.2, 0.25) is 0 Å². The number of hydrogen-bond donors (Lipinski definition) is 0. The van der Waals surface area contributed by atoms with E-state index in [-0.39, 0.29) is 5.91 Å². The van der Waals surface area contributed by atoms with E-state index in [4.69, 9.17) is 16.6 Å². The molecule has 4 rings (SSSR count). The van der Waals surface area contributed by atoms with Gasteiger partial charge in [0, 0.05) is 30.0 Å². The zero-order valence-corrected chi connectivity index (χ0v) is 19.2. The molecule has 0 saturated carbocycles. The van der Waals surface area contributed by atoms with Crippen molar-refractivity contribution in [1.29, 1.82) is 0 Å². The van der Waals surface area contributed by atoms with Gasteiger partial charge in [-0.3, -0.25) is 19.1 Å². The van der Waals surface area contributed by atoms with Gasteiger partial charge in [-0.25, -0.2) is 4.98 Å². The monoisotopic (exact) mass is 442 g/mol. The lowest BCUT2D eigenvalue weighted by Crippen LogP contribution is -2.34. The molecule has 0 spiro atoms. The molecule has 30 heavy (non-hydrogen) atoms. The lowest BCUT2D eigenvalue weighted by atomic mass is 10.2. The molecule has 0 fully saturated rings. The number of aryl methyl sites for hydroxylation is 5. The quantitative estimate of drug-likeness (QED) is 0.457. The second-order valence-electron chi connectivity index (χ2n) is 7.42. The van der Waals surface area contributed by atoms with Crippen LogP contribution in [0.5, 0.6) is 0 Å². The van der Waals surface area contributed by atoms with Gasteiger partial charge in [0.05, 0.1) is 22.5 Å². The van der Waals surface area contributed by atoms with Gasteiger partial charge in [-0.15, -0.1) is 0 Å². The van der Waals surface area contributed by atoms with Crippen molar-refractivity contribution >= 4 is 44.2 Å². The molecule has 0 radical (unpaired) electrons. The van der Waals surface area contributed by atoms with Crippen LogP contribution in [0.1, 0.15) is 33.1 Å². The Morgan fingerprint density at radius 1 is 1.13 bits per heavy atom. The second kappa shape index (κ2) is 7.85. The molecule has 1 amide bonds. The van der Waals surface area contributed by atoms with Crippen LogP contribution >= 0.6 is 22.9 Å². The Labute approximate surface area is 183 Å². The van der Waals surface area contributed by atoms with Crippen LogP contribution in [-0.2, 0) is 13.6 Å². The Hall–Kier alpha value is -2.71. The highest BCUT2D eigenvalue weighted by atomic mass is 35.5. The van der Waals surface area contributed by atoms with Gasteiger partial charge in [0.25, 0.3) is 5.91 Å². The minimum atomic E-state index is -0.178. The van der Waals surface area contributed by atoms with E-state index in [2.05, 4.69) is 10.2 Å². The van der Waals surface area contributed by atoms with E-state index in [9.17, 15) is 4.79 Å². The van der Waals surface area contributed by atoms with Gasteiger partial charge in [-0.2, -0.15) is 10.2 Å². The maximum atomic E-state index is 13.4. The number of hydrogen-bond acceptors (Lipinski definition) is 5. The summed E-state index contributed by atoms with van der Waals surface area (Å²) in [5, 5.41) is 10.2. The number of carbonyl (C=O) groups excluding carboxylic acids is 1. The zero-order valence-electron chi connectivity index (χ0n) is 17.6. The molecular weight excluding hydrogens is 420 g/mol. The number of anilines is 1. The number of carbonyl (C=O) groups is 1. The average Bonchev–Trinajstić information content (AvgIpc) is 3.36. The highest BCUT2D eigenvalue weighted by molar-refractivity contribution is 7.22. The minimum absolute atomic E-state index is 0.178. The first-order chi connectivity index (χ1) is 14.2. The Morgan fingerprint density at radius 2 is 1.90 bits per heavy atom. The summed E-state index contributed by atoms with van der Waals surface area (Å²) in [7, 11) is 1.83. The van der Waals surface area contributed by atoms with Crippen molar-refractivity contribution in [3.05, 3.63) is 57.6 Å².